The summed E-state index contributed by atoms with van der Waals surface area (Å²) in [7, 11) is 0. The molecule has 0 aliphatic heterocycles. The van der Waals surface area contributed by atoms with Gasteiger partial charge in [0.15, 0.2) is 0 Å². The van der Waals surface area contributed by atoms with Crippen molar-refractivity contribution in [3.63, 3.8) is 0 Å². The first-order valence-corrected chi connectivity index (χ1v) is 6.89. The first-order chi connectivity index (χ1) is 8.56. The van der Waals surface area contributed by atoms with Crippen molar-refractivity contribution in [2.24, 2.45) is 5.92 Å². The van der Waals surface area contributed by atoms with E-state index in [1.54, 1.807) is 0 Å². The maximum atomic E-state index is 10.6. The zero-order valence-corrected chi connectivity index (χ0v) is 11.7. The fourth-order valence-corrected chi connectivity index (χ4v) is 2.32. The van der Waals surface area contributed by atoms with E-state index in [1.165, 1.54) is 16.7 Å². The number of hydrogen-bond donors (Lipinski definition) is 1. The minimum atomic E-state index is -0.696. The highest BCUT2D eigenvalue weighted by Gasteiger charge is 2.08. The Morgan fingerprint density at radius 2 is 1.89 bits per heavy atom. The molecule has 100 valence electrons. The lowest BCUT2D eigenvalue weighted by molar-refractivity contribution is -0.138. The number of aliphatic carboxylic acids is 1. The molecule has 2 nitrogen and oxygen atoms in total. The van der Waals surface area contributed by atoms with Gasteiger partial charge in [0.1, 0.15) is 0 Å². The Morgan fingerprint density at radius 1 is 1.22 bits per heavy atom. The SMILES string of the molecule is CCc1ccc(CCC(C)CC(=O)O)cc1CC. The molecule has 1 unspecified atom stereocenters. The molecule has 0 saturated heterocycles. The number of carbonyl (C=O) groups is 1. The van der Waals surface area contributed by atoms with Crippen LogP contribution in [0.25, 0.3) is 0 Å². The van der Waals surface area contributed by atoms with Gasteiger partial charge in [0.2, 0.25) is 0 Å². The summed E-state index contributed by atoms with van der Waals surface area (Å²) in [5.41, 5.74) is 4.20. The van der Waals surface area contributed by atoms with Crippen LogP contribution in [0.4, 0.5) is 0 Å². The third-order valence-electron chi connectivity index (χ3n) is 3.48. The minimum absolute atomic E-state index is 0.249. The van der Waals surface area contributed by atoms with Crippen LogP contribution < -0.4 is 0 Å². The molecule has 0 aliphatic carbocycles. The van der Waals surface area contributed by atoms with E-state index in [0.717, 1.165) is 25.7 Å². The van der Waals surface area contributed by atoms with Crippen LogP contribution in [0.15, 0.2) is 18.2 Å². The maximum absolute atomic E-state index is 10.6. The number of aryl methyl sites for hydroxylation is 3. The fraction of sp³-hybridized carbons (Fsp3) is 0.562. The molecule has 1 aromatic carbocycles. The van der Waals surface area contributed by atoms with E-state index in [1.807, 2.05) is 6.92 Å². The Balaban J connectivity index is 2.60. The van der Waals surface area contributed by atoms with Crippen molar-refractivity contribution in [2.75, 3.05) is 0 Å². The standard InChI is InChI=1S/C16H24O2/c1-4-14-9-8-13(11-15(14)5-2)7-6-12(3)10-16(17)18/h8-9,11-12H,4-7,10H2,1-3H3,(H,17,18). The lowest BCUT2D eigenvalue weighted by Crippen LogP contribution is -2.05. The van der Waals surface area contributed by atoms with Crippen LogP contribution in [0, 0.1) is 5.92 Å². The predicted molar refractivity (Wildman–Crippen MR) is 74.9 cm³/mol. The number of carboxylic acid groups (broad SMARTS) is 1. The first kappa shape index (κ1) is 14.7. The largest absolute Gasteiger partial charge is 0.481 e. The Morgan fingerprint density at radius 3 is 2.44 bits per heavy atom. The zero-order chi connectivity index (χ0) is 13.5. The molecule has 0 spiro atoms. The first-order valence-electron chi connectivity index (χ1n) is 6.89. The van der Waals surface area contributed by atoms with Crippen molar-refractivity contribution in [2.45, 2.75) is 52.9 Å². The Bertz CT molecular complexity index is 396. The molecule has 0 bridgehead atoms. The molecule has 1 atom stereocenters. The summed E-state index contributed by atoms with van der Waals surface area (Å²) < 4.78 is 0. The van der Waals surface area contributed by atoms with Gasteiger partial charge in [-0.1, -0.05) is 39.0 Å². The van der Waals surface area contributed by atoms with Crippen molar-refractivity contribution in [3.05, 3.63) is 34.9 Å². The van der Waals surface area contributed by atoms with E-state index in [2.05, 4.69) is 32.0 Å². The highest BCUT2D eigenvalue weighted by Crippen LogP contribution is 2.17. The molecular weight excluding hydrogens is 224 g/mol. The van der Waals surface area contributed by atoms with Crippen LogP contribution in [0.1, 0.15) is 50.3 Å². The highest BCUT2D eigenvalue weighted by molar-refractivity contribution is 5.66. The Labute approximate surface area is 110 Å². The van der Waals surface area contributed by atoms with Crippen LogP contribution in [-0.2, 0) is 24.1 Å². The second-order valence-electron chi connectivity index (χ2n) is 5.05. The van der Waals surface area contributed by atoms with Crippen LogP contribution >= 0.6 is 0 Å². The summed E-state index contributed by atoms with van der Waals surface area (Å²) in [5, 5.41) is 8.73. The third kappa shape index (κ3) is 4.52. The van der Waals surface area contributed by atoms with Crippen LogP contribution in [0.3, 0.4) is 0 Å². The number of benzene rings is 1. The smallest absolute Gasteiger partial charge is 0.303 e. The van der Waals surface area contributed by atoms with Gasteiger partial charge in [-0.2, -0.15) is 0 Å². The van der Waals surface area contributed by atoms with Gasteiger partial charge in [0, 0.05) is 6.42 Å². The summed E-state index contributed by atoms with van der Waals surface area (Å²) in [6.45, 7) is 6.38. The van der Waals surface area contributed by atoms with E-state index in [0.29, 0.717) is 0 Å². The topological polar surface area (TPSA) is 37.3 Å². The number of rotatable bonds is 7. The van der Waals surface area contributed by atoms with Gasteiger partial charge in [0.25, 0.3) is 0 Å². The van der Waals surface area contributed by atoms with Crippen molar-refractivity contribution in [3.8, 4) is 0 Å². The molecule has 1 rings (SSSR count). The molecule has 2 heteroatoms. The van der Waals surface area contributed by atoms with Gasteiger partial charge in [-0.25, -0.2) is 0 Å². The van der Waals surface area contributed by atoms with Gasteiger partial charge in [0.05, 0.1) is 0 Å². The van der Waals surface area contributed by atoms with E-state index in [-0.39, 0.29) is 12.3 Å². The average Bonchev–Trinajstić information content (AvgIpc) is 2.35. The molecule has 1 aromatic rings. The van der Waals surface area contributed by atoms with E-state index in [4.69, 9.17) is 5.11 Å². The summed E-state index contributed by atoms with van der Waals surface area (Å²) in [6.07, 6.45) is 4.35. The quantitative estimate of drug-likeness (QED) is 0.795. The lowest BCUT2D eigenvalue weighted by Gasteiger charge is -2.11. The molecule has 0 fully saturated rings. The van der Waals surface area contributed by atoms with Gasteiger partial charge >= 0.3 is 5.97 Å². The Hall–Kier alpha value is -1.31. The van der Waals surface area contributed by atoms with Crippen LogP contribution in [0.2, 0.25) is 0 Å². The van der Waals surface area contributed by atoms with Gasteiger partial charge < -0.3 is 5.11 Å². The van der Waals surface area contributed by atoms with Crippen molar-refractivity contribution in [1.82, 2.24) is 0 Å². The monoisotopic (exact) mass is 248 g/mol. The summed E-state index contributed by atoms with van der Waals surface area (Å²) in [4.78, 5) is 10.6. The predicted octanol–water partition coefficient (Wildman–Crippen LogP) is 3.85. The van der Waals surface area contributed by atoms with Gasteiger partial charge in [-0.05, 0) is 48.3 Å². The zero-order valence-electron chi connectivity index (χ0n) is 11.7. The molecular formula is C16H24O2. The second kappa shape index (κ2) is 7.20. The van der Waals surface area contributed by atoms with Gasteiger partial charge in [-0.15, -0.1) is 0 Å². The van der Waals surface area contributed by atoms with Crippen molar-refractivity contribution < 1.29 is 9.90 Å². The molecule has 0 heterocycles. The number of carboxylic acids is 1. The molecule has 0 saturated carbocycles. The molecule has 1 N–H and O–H groups in total. The molecule has 0 amide bonds. The van der Waals surface area contributed by atoms with Crippen LogP contribution in [0.5, 0.6) is 0 Å². The minimum Gasteiger partial charge on any atom is -0.481 e. The lowest BCUT2D eigenvalue weighted by atomic mass is 9.94. The molecule has 0 aromatic heterocycles. The molecule has 18 heavy (non-hydrogen) atoms. The van der Waals surface area contributed by atoms with Crippen molar-refractivity contribution >= 4 is 5.97 Å². The number of hydrogen-bond acceptors (Lipinski definition) is 1. The Kier molecular flexibility index (Phi) is 5.90. The van der Waals surface area contributed by atoms with E-state index < -0.39 is 5.97 Å². The van der Waals surface area contributed by atoms with Crippen LogP contribution in [-0.4, -0.2) is 11.1 Å². The molecule has 0 radical (unpaired) electrons. The second-order valence-corrected chi connectivity index (χ2v) is 5.05. The normalized spacial score (nSPS) is 12.4. The van der Waals surface area contributed by atoms with Crippen molar-refractivity contribution in [1.29, 1.82) is 0 Å². The summed E-state index contributed by atoms with van der Waals surface area (Å²) >= 11 is 0. The highest BCUT2D eigenvalue weighted by atomic mass is 16.4. The summed E-state index contributed by atoms with van der Waals surface area (Å²) in [5.74, 6) is -0.448. The average molecular weight is 248 g/mol. The van der Waals surface area contributed by atoms with Gasteiger partial charge in [-0.3, -0.25) is 4.79 Å². The third-order valence-corrected chi connectivity index (χ3v) is 3.48. The maximum Gasteiger partial charge on any atom is 0.303 e. The summed E-state index contributed by atoms with van der Waals surface area (Å²) in [6, 6.07) is 6.69. The fourth-order valence-electron chi connectivity index (χ4n) is 2.32. The van der Waals surface area contributed by atoms with E-state index in [9.17, 15) is 4.79 Å². The molecule has 0 aliphatic rings. The van der Waals surface area contributed by atoms with E-state index >= 15 is 0 Å².